The van der Waals surface area contributed by atoms with E-state index in [4.69, 9.17) is 0 Å². The number of halogens is 6. The zero-order chi connectivity index (χ0) is 14.1. The predicted molar refractivity (Wildman–Crippen MR) is 55.2 cm³/mol. The Morgan fingerprint density at radius 3 is 2.39 bits per heavy atom. The molecule has 0 radical (unpaired) electrons. The van der Waals surface area contributed by atoms with Crippen molar-refractivity contribution in [2.24, 2.45) is 0 Å². The van der Waals surface area contributed by atoms with Crippen LogP contribution in [0.3, 0.4) is 0 Å². The fourth-order valence-electron chi connectivity index (χ4n) is 1.06. The summed E-state index contributed by atoms with van der Waals surface area (Å²) in [6, 6.07) is 0. The molecule has 0 unspecified atom stereocenters. The highest BCUT2D eigenvalue weighted by molar-refractivity contribution is 14.1. The monoisotopic (exact) mass is 384 g/mol. The van der Waals surface area contributed by atoms with E-state index < -0.39 is 38.4 Å². The van der Waals surface area contributed by atoms with E-state index in [-0.39, 0.29) is 0 Å². The summed E-state index contributed by atoms with van der Waals surface area (Å²) in [7, 11) is 0. The van der Waals surface area contributed by atoms with Crippen LogP contribution in [-0.2, 0) is 0 Å². The second-order valence-electron chi connectivity index (χ2n) is 2.78. The van der Waals surface area contributed by atoms with Crippen molar-refractivity contribution in [1.29, 1.82) is 0 Å². The highest BCUT2D eigenvalue weighted by Crippen LogP contribution is 2.40. The molecule has 0 aromatic carbocycles. The van der Waals surface area contributed by atoms with E-state index in [9.17, 15) is 32.1 Å². The number of nitro groups is 1. The summed E-state index contributed by atoms with van der Waals surface area (Å²) in [5.41, 5.74) is -2.65. The molecule has 100 valence electrons. The smallest absolute Gasteiger partial charge is 0.403 e. The van der Waals surface area contributed by atoms with E-state index in [0.717, 1.165) is 0 Å². The molecule has 0 aliphatic heterocycles. The van der Waals surface area contributed by atoms with Crippen molar-refractivity contribution >= 4 is 28.3 Å². The molecule has 1 aromatic rings. The van der Waals surface area contributed by atoms with Crippen LogP contribution in [0.5, 0.6) is 5.75 Å². The molecule has 0 saturated heterocycles. The number of hydrogen-bond donors (Lipinski definition) is 0. The largest absolute Gasteiger partial charge is 0.573 e. The van der Waals surface area contributed by atoms with Crippen LogP contribution < -0.4 is 4.74 Å². The van der Waals surface area contributed by atoms with Gasteiger partial charge in [-0.05, 0) is 22.6 Å². The Labute approximate surface area is 109 Å². The summed E-state index contributed by atoms with van der Waals surface area (Å²) in [5.74, 6) is -1.38. The van der Waals surface area contributed by atoms with Crippen molar-refractivity contribution in [3.05, 3.63) is 25.6 Å². The zero-order valence-corrected chi connectivity index (χ0v) is 10.2. The summed E-state index contributed by atoms with van der Waals surface area (Å²) in [6.07, 6.45) is -8.38. The highest BCUT2D eigenvalue weighted by Gasteiger charge is 2.37. The number of ether oxygens (including phenoxy) is 1. The molecule has 0 aliphatic rings. The lowest BCUT2D eigenvalue weighted by atomic mass is 10.2. The molecule has 1 aromatic heterocycles. The number of nitrogens with zero attached hydrogens (tertiary/aromatic N) is 2. The van der Waals surface area contributed by atoms with Gasteiger partial charge in [-0.15, -0.1) is 13.2 Å². The van der Waals surface area contributed by atoms with Gasteiger partial charge in [-0.25, -0.2) is 13.8 Å². The normalized spacial score (nSPS) is 11.7. The number of pyridine rings is 1. The maximum absolute atomic E-state index is 12.6. The SMILES string of the molecule is O=[N+]([O-])c1c(I)ncc(OC(F)(F)F)c1C(F)F. The van der Waals surface area contributed by atoms with Crippen LogP contribution in [0, 0.1) is 13.8 Å². The average molecular weight is 384 g/mol. The minimum absolute atomic E-state index is 0.365. The predicted octanol–water partition coefficient (Wildman–Crippen LogP) is 3.43. The van der Waals surface area contributed by atoms with Gasteiger partial charge in [0.25, 0.3) is 6.43 Å². The van der Waals surface area contributed by atoms with Crippen molar-refractivity contribution in [3.63, 3.8) is 0 Å². The van der Waals surface area contributed by atoms with Crippen molar-refractivity contribution in [2.75, 3.05) is 0 Å². The van der Waals surface area contributed by atoms with Gasteiger partial charge in [-0.2, -0.15) is 0 Å². The van der Waals surface area contributed by atoms with Crippen LogP contribution in [0.15, 0.2) is 6.20 Å². The van der Waals surface area contributed by atoms with Crippen molar-refractivity contribution in [2.45, 2.75) is 12.8 Å². The minimum atomic E-state index is -5.24. The topological polar surface area (TPSA) is 65.3 Å². The molecule has 0 fully saturated rings. The quantitative estimate of drug-likeness (QED) is 0.263. The first-order chi connectivity index (χ1) is 8.13. The van der Waals surface area contributed by atoms with Crippen LogP contribution in [0.2, 0.25) is 0 Å². The molecule has 11 heteroatoms. The van der Waals surface area contributed by atoms with Crippen molar-refractivity contribution in [3.8, 4) is 5.75 Å². The van der Waals surface area contributed by atoms with E-state index in [1.54, 1.807) is 0 Å². The van der Waals surface area contributed by atoms with Gasteiger partial charge >= 0.3 is 12.0 Å². The van der Waals surface area contributed by atoms with Gasteiger partial charge in [-0.3, -0.25) is 10.1 Å². The zero-order valence-electron chi connectivity index (χ0n) is 8.04. The third-order valence-electron chi connectivity index (χ3n) is 1.64. The second-order valence-corrected chi connectivity index (χ2v) is 3.80. The Morgan fingerprint density at radius 2 is 2.00 bits per heavy atom. The first-order valence-corrected chi connectivity index (χ1v) is 5.08. The minimum Gasteiger partial charge on any atom is -0.403 e. The molecular formula is C7H2F5IN2O3. The molecule has 0 aliphatic carbocycles. The molecule has 1 heterocycles. The first-order valence-electron chi connectivity index (χ1n) is 4.00. The van der Waals surface area contributed by atoms with Gasteiger partial charge in [0.2, 0.25) is 0 Å². The molecule has 0 saturated carbocycles. The van der Waals surface area contributed by atoms with Gasteiger partial charge in [0.15, 0.2) is 9.45 Å². The number of aromatic nitrogens is 1. The summed E-state index contributed by atoms with van der Waals surface area (Å²) < 4.78 is 63.9. The Hall–Kier alpha value is -1.27. The lowest BCUT2D eigenvalue weighted by molar-refractivity contribution is -0.387. The standard InChI is InChI=1S/C7H2F5IN2O3/c8-5(9)3-2(18-7(10,11)12)1-14-6(13)4(3)15(16)17/h1,5H. The number of hydrogen-bond acceptors (Lipinski definition) is 4. The van der Waals surface area contributed by atoms with Crippen molar-refractivity contribution < 1.29 is 31.6 Å². The van der Waals surface area contributed by atoms with E-state index in [0.29, 0.717) is 6.20 Å². The van der Waals surface area contributed by atoms with Crippen LogP contribution >= 0.6 is 22.6 Å². The van der Waals surface area contributed by atoms with Gasteiger partial charge in [-0.1, -0.05) is 0 Å². The number of alkyl halides is 5. The maximum atomic E-state index is 12.6. The molecule has 0 N–H and O–H groups in total. The van der Waals surface area contributed by atoms with Crippen LogP contribution in [0.4, 0.5) is 27.6 Å². The van der Waals surface area contributed by atoms with Gasteiger partial charge < -0.3 is 4.74 Å². The van der Waals surface area contributed by atoms with Crippen LogP contribution in [-0.4, -0.2) is 16.3 Å². The lowest BCUT2D eigenvalue weighted by Gasteiger charge is -2.12. The average Bonchev–Trinajstić information content (AvgIpc) is 2.17. The molecular weight excluding hydrogens is 382 g/mol. The Morgan fingerprint density at radius 1 is 1.44 bits per heavy atom. The third-order valence-corrected chi connectivity index (χ3v) is 2.43. The Balaban J connectivity index is 3.44. The van der Waals surface area contributed by atoms with Gasteiger partial charge in [0.1, 0.15) is 5.56 Å². The molecule has 0 amide bonds. The van der Waals surface area contributed by atoms with Crippen LogP contribution in [0.25, 0.3) is 0 Å². The molecule has 5 nitrogen and oxygen atoms in total. The fraction of sp³-hybridized carbons (Fsp3) is 0.286. The van der Waals surface area contributed by atoms with E-state index >= 15 is 0 Å². The van der Waals surface area contributed by atoms with E-state index in [1.807, 2.05) is 0 Å². The fourth-order valence-corrected chi connectivity index (χ4v) is 1.69. The van der Waals surface area contributed by atoms with Gasteiger partial charge in [0.05, 0.1) is 11.1 Å². The van der Waals surface area contributed by atoms with Crippen LogP contribution in [0.1, 0.15) is 12.0 Å². The molecule has 0 bridgehead atoms. The summed E-state index contributed by atoms with van der Waals surface area (Å²) >= 11 is 1.27. The Bertz CT molecular complexity index is 479. The lowest BCUT2D eigenvalue weighted by Crippen LogP contribution is -2.19. The molecule has 0 atom stereocenters. The third kappa shape index (κ3) is 3.36. The molecule has 18 heavy (non-hydrogen) atoms. The summed E-state index contributed by atoms with van der Waals surface area (Å²) in [5, 5.41) is 10.6. The van der Waals surface area contributed by atoms with E-state index in [2.05, 4.69) is 9.72 Å². The van der Waals surface area contributed by atoms with Gasteiger partial charge in [0, 0.05) is 0 Å². The van der Waals surface area contributed by atoms with Crippen molar-refractivity contribution in [1.82, 2.24) is 4.98 Å². The highest BCUT2D eigenvalue weighted by atomic mass is 127. The second kappa shape index (κ2) is 5.16. The maximum Gasteiger partial charge on any atom is 0.573 e. The molecule has 1 rings (SSSR count). The Kier molecular flexibility index (Phi) is 4.24. The summed E-state index contributed by atoms with van der Waals surface area (Å²) in [6.45, 7) is 0. The molecule has 0 spiro atoms. The first kappa shape index (κ1) is 14.8. The van der Waals surface area contributed by atoms with E-state index in [1.165, 1.54) is 22.6 Å². The number of rotatable bonds is 3. The summed E-state index contributed by atoms with van der Waals surface area (Å²) in [4.78, 5) is 12.5.